The molecule has 0 atom stereocenters. The zero-order valence-corrected chi connectivity index (χ0v) is 8.72. The number of aromatic nitrogens is 2. The summed E-state index contributed by atoms with van der Waals surface area (Å²) >= 11 is 5.55. The van der Waals surface area contributed by atoms with Gasteiger partial charge in [0.25, 0.3) is 0 Å². The predicted molar refractivity (Wildman–Crippen MR) is 55.1 cm³/mol. The van der Waals surface area contributed by atoms with Crippen molar-refractivity contribution in [2.24, 2.45) is 7.05 Å². The summed E-state index contributed by atoms with van der Waals surface area (Å²) in [6.45, 7) is 2.01. The van der Waals surface area contributed by atoms with Gasteiger partial charge < -0.3 is 5.32 Å². The standard InChI is InChI=1S/C9H16ClN3/c1-13-8-9(7-12-13)3-6-11-5-2-4-10/h7-8,11H,2-6H2,1H3. The summed E-state index contributed by atoms with van der Waals surface area (Å²) in [7, 11) is 1.93. The summed E-state index contributed by atoms with van der Waals surface area (Å²) in [5, 5.41) is 7.42. The van der Waals surface area contributed by atoms with Gasteiger partial charge in [-0.2, -0.15) is 5.10 Å². The molecule has 0 saturated heterocycles. The van der Waals surface area contributed by atoms with Crippen LogP contribution in [0.4, 0.5) is 0 Å². The Labute approximate surface area is 84.1 Å². The molecule has 0 bridgehead atoms. The van der Waals surface area contributed by atoms with Gasteiger partial charge in [0.1, 0.15) is 0 Å². The molecule has 1 rings (SSSR count). The van der Waals surface area contributed by atoms with E-state index in [1.54, 1.807) is 0 Å². The minimum atomic E-state index is 0.736. The fourth-order valence-corrected chi connectivity index (χ4v) is 1.28. The molecule has 1 aromatic heterocycles. The van der Waals surface area contributed by atoms with E-state index >= 15 is 0 Å². The normalized spacial score (nSPS) is 10.6. The van der Waals surface area contributed by atoms with E-state index in [4.69, 9.17) is 11.6 Å². The van der Waals surface area contributed by atoms with Gasteiger partial charge in [0.15, 0.2) is 0 Å². The summed E-state index contributed by atoms with van der Waals surface area (Å²) in [5.74, 6) is 0.736. The molecule has 3 nitrogen and oxygen atoms in total. The summed E-state index contributed by atoms with van der Waals surface area (Å²) in [6.07, 6.45) is 6.02. The second-order valence-corrected chi connectivity index (χ2v) is 3.44. The Morgan fingerprint density at radius 1 is 1.54 bits per heavy atom. The van der Waals surface area contributed by atoms with Crippen LogP contribution in [0.3, 0.4) is 0 Å². The van der Waals surface area contributed by atoms with Crippen molar-refractivity contribution in [1.29, 1.82) is 0 Å². The average molecular weight is 202 g/mol. The zero-order valence-electron chi connectivity index (χ0n) is 7.96. The second kappa shape index (κ2) is 6.00. The smallest absolute Gasteiger partial charge is 0.0522 e. The van der Waals surface area contributed by atoms with Crippen molar-refractivity contribution < 1.29 is 0 Å². The molecule has 0 aliphatic rings. The van der Waals surface area contributed by atoms with Crippen LogP contribution in [0.1, 0.15) is 12.0 Å². The van der Waals surface area contributed by atoms with E-state index in [1.165, 1.54) is 5.56 Å². The SMILES string of the molecule is Cn1cc(CCNCCCCl)cn1. The molecule has 4 heteroatoms. The first-order valence-electron chi connectivity index (χ1n) is 4.57. The maximum atomic E-state index is 5.55. The summed E-state index contributed by atoms with van der Waals surface area (Å²) < 4.78 is 1.83. The van der Waals surface area contributed by atoms with Gasteiger partial charge in [-0.15, -0.1) is 11.6 Å². The van der Waals surface area contributed by atoms with Crippen LogP contribution >= 0.6 is 11.6 Å². The van der Waals surface area contributed by atoms with Crippen molar-refractivity contribution in [3.05, 3.63) is 18.0 Å². The molecule has 0 fully saturated rings. The third-order valence-electron chi connectivity index (χ3n) is 1.84. The fourth-order valence-electron chi connectivity index (χ4n) is 1.15. The fraction of sp³-hybridized carbons (Fsp3) is 0.667. The van der Waals surface area contributed by atoms with Gasteiger partial charge in [-0.05, 0) is 31.5 Å². The first kappa shape index (κ1) is 10.5. The van der Waals surface area contributed by atoms with E-state index in [9.17, 15) is 0 Å². The number of halogens is 1. The molecule has 0 amide bonds. The van der Waals surface area contributed by atoms with Crippen molar-refractivity contribution in [2.45, 2.75) is 12.8 Å². The number of alkyl halides is 1. The van der Waals surface area contributed by atoms with Gasteiger partial charge in [0.2, 0.25) is 0 Å². The zero-order chi connectivity index (χ0) is 9.52. The van der Waals surface area contributed by atoms with Crippen LogP contribution in [-0.2, 0) is 13.5 Å². The highest BCUT2D eigenvalue weighted by Crippen LogP contribution is 1.95. The first-order valence-corrected chi connectivity index (χ1v) is 5.10. The highest BCUT2D eigenvalue weighted by molar-refractivity contribution is 6.17. The van der Waals surface area contributed by atoms with Gasteiger partial charge in [-0.25, -0.2) is 0 Å². The molecule has 0 unspecified atom stereocenters. The molecule has 13 heavy (non-hydrogen) atoms. The number of nitrogens with zero attached hydrogens (tertiary/aromatic N) is 2. The van der Waals surface area contributed by atoms with Crippen LogP contribution in [0.2, 0.25) is 0 Å². The van der Waals surface area contributed by atoms with Crippen molar-refractivity contribution in [2.75, 3.05) is 19.0 Å². The second-order valence-electron chi connectivity index (χ2n) is 3.06. The van der Waals surface area contributed by atoms with E-state index in [0.29, 0.717) is 0 Å². The number of aryl methyl sites for hydroxylation is 1. The maximum Gasteiger partial charge on any atom is 0.0522 e. The Balaban J connectivity index is 2.06. The molecule has 0 aromatic carbocycles. The lowest BCUT2D eigenvalue weighted by molar-refractivity contribution is 0.673. The van der Waals surface area contributed by atoms with Crippen LogP contribution < -0.4 is 5.32 Å². The molecule has 0 aliphatic heterocycles. The molecule has 74 valence electrons. The lowest BCUT2D eigenvalue weighted by atomic mass is 10.2. The van der Waals surface area contributed by atoms with Gasteiger partial charge in [0.05, 0.1) is 6.20 Å². The largest absolute Gasteiger partial charge is 0.316 e. The molecular formula is C9H16ClN3. The van der Waals surface area contributed by atoms with E-state index in [-0.39, 0.29) is 0 Å². The third-order valence-corrected chi connectivity index (χ3v) is 2.10. The van der Waals surface area contributed by atoms with Crippen LogP contribution in [0, 0.1) is 0 Å². The van der Waals surface area contributed by atoms with Crippen LogP contribution in [0.15, 0.2) is 12.4 Å². The van der Waals surface area contributed by atoms with Crippen molar-refractivity contribution in [1.82, 2.24) is 15.1 Å². The maximum absolute atomic E-state index is 5.55. The number of hydrogen-bond donors (Lipinski definition) is 1. The Morgan fingerprint density at radius 2 is 2.38 bits per heavy atom. The first-order chi connectivity index (χ1) is 6.33. The van der Waals surface area contributed by atoms with Crippen LogP contribution in [-0.4, -0.2) is 28.8 Å². The average Bonchev–Trinajstić information content (AvgIpc) is 2.51. The van der Waals surface area contributed by atoms with E-state index in [2.05, 4.69) is 10.4 Å². The number of hydrogen-bond acceptors (Lipinski definition) is 2. The van der Waals surface area contributed by atoms with Crippen LogP contribution in [0.25, 0.3) is 0 Å². The molecule has 0 saturated carbocycles. The van der Waals surface area contributed by atoms with E-state index in [0.717, 1.165) is 31.8 Å². The van der Waals surface area contributed by atoms with Gasteiger partial charge in [-0.3, -0.25) is 4.68 Å². The molecule has 1 N–H and O–H groups in total. The highest BCUT2D eigenvalue weighted by Gasteiger charge is 1.94. The topological polar surface area (TPSA) is 29.9 Å². The van der Waals surface area contributed by atoms with Crippen molar-refractivity contribution in [3.8, 4) is 0 Å². The molecular weight excluding hydrogens is 186 g/mol. The molecule has 0 spiro atoms. The van der Waals surface area contributed by atoms with E-state index in [1.807, 2.05) is 24.1 Å². The minimum absolute atomic E-state index is 0.736. The Hall–Kier alpha value is -0.540. The molecule has 1 aromatic rings. The Bertz CT molecular complexity index is 235. The van der Waals surface area contributed by atoms with Gasteiger partial charge >= 0.3 is 0 Å². The summed E-state index contributed by atoms with van der Waals surface area (Å²) in [4.78, 5) is 0. The number of nitrogens with one attached hydrogen (secondary N) is 1. The van der Waals surface area contributed by atoms with Crippen LogP contribution in [0.5, 0.6) is 0 Å². The number of rotatable bonds is 6. The van der Waals surface area contributed by atoms with Gasteiger partial charge in [0, 0.05) is 19.1 Å². The minimum Gasteiger partial charge on any atom is -0.316 e. The predicted octanol–water partition coefficient (Wildman–Crippen LogP) is 1.18. The van der Waals surface area contributed by atoms with E-state index < -0.39 is 0 Å². The van der Waals surface area contributed by atoms with Gasteiger partial charge in [-0.1, -0.05) is 0 Å². The highest BCUT2D eigenvalue weighted by atomic mass is 35.5. The third kappa shape index (κ3) is 4.29. The summed E-state index contributed by atoms with van der Waals surface area (Å²) in [5.41, 5.74) is 1.28. The van der Waals surface area contributed by atoms with Crippen molar-refractivity contribution in [3.63, 3.8) is 0 Å². The summed E-state index contributed by atoms with van der Waals surface area (Å²) in [6, 6.07) is 0. The molecule has 1 heterocycles. The lowest BCUT2D eigenvalue weighted by Crippen LogP contribution is -2.18. The Kier molecular flexibility index (Phi) is 4.86. The van der Waals surface area contributed by atoms with Crippen molar-refractivity contribution >= 4 is 11.6 Å². The quantitative estimate of drug-likeness (QED) is 0.554. The lowest BCUT2D eigenvalue weighted by Gasteiger charge is -2.00. The monoisotopic (exact) mass is 201 g/mol. The molecule has 0 aliphatic carbocycles. The Morgan fingerprint density at radius 3 is 3.00 bits per heavy atom. The molecule has 0 radical (unpaired) electrons.